The van der Waals surface area contributed by atoms with E-state index in [1.807, 2.05) is 0 Å². The fourth-order valence-corrected chi connectivity index (χ4v) is 2.87. The number of rotatable bonds is 4. The van der Waals surface area contributed by atoms with E-state index in [9.17, 15) is 4.39 Å². The standard InChI is InChI=1S/C14H19ClFNO/c1-2-14-10(5-6-18-14)13(17)8-9-3-4-12(16)11(15)7-9/h3-4,7,10,13-14H,2,5-6,8,17H2,1H3. The van der Waals surface area contributed by atoms with Crippen molar-refractivity contribution in [3.63, 3.8) is 0 Å². The SMILES string of the molecule is CCC1OCCC1C(N)Cc1ccc(F)c(Cl)c1. The summed E-state index contributed by atoms with van der Waals surface area (Å²) >= 11 is 5.77. The summed E-state index contributed by atoms with van der Waals surface area (Å²) in [6.45, 7) is 2.91. The molecule has 1 aromatic rings. The van der Waals surface area contributed by atoms with Crippen LogP contribution in [0.5, 0.6) is 0 Å². The van der Waals surface area contributed by atoms with E-state index < -0.39 is 0 Å². The number of hydrogen-bond acceptors (Lipinski definition) is 2. The molecule has 2 rings (SSSR count). The van der Waals surface area contributed by atoms with Crippen molar-refractivity contribution in [1.82, 2.24) is 0 Å². The molecule has 3 unspecified atom stereocenters. The molecule has 0 spiro atoms. The maximum absolute atomic E-state index is 13.1. The van der Waals surface area contributed by atoms with E-state index in [4.69, 9.17) is 22.1 Å². The first-order chi connectivity index (χ1) is 8.61. The van der Waals surface area contributed by atoms with E-state index in [0.29, 0.717) is 12.3 Å². The molecular weight excluding hydrogens is 253 g/mol. The summed E-state index contributed by atoms with van der Waals surface area (Å²) in [4.78, 5) is 0. The summed E-state index contributed by atoms with van der Waals surface area (Å²) in [7, 11) is 0. The van der Waals surface area contributed by atoms with Crippen LogP contribution in [0.25, 0.3) is 0 Å². The molecule has 4 heteroatoms. The van der Waals surface area contributed by atoms with Crippen molar-refractivity contribution in [3.05, 3.63) is 34.6 Å². The van der Waals surface area contributed by atoms with Gasteiger partial charge in [-0.2, -0.15) is 0 Å². The molecule has 2 nitrogen and oxygen atoms in total. The Morgan fingerprint density at radius 1 is 1.56 bits per heavy atom. The van der Waals surface area contributed by atoms with Gasteiger partial charge in [0.1, 0.15) is 5.82 Å². The molecule has 2 N–H and O–H groups in total. The molecule has 100 valence electrons. The molecule has 1 heterocycles. The summed E-state index contributed by atoms with van der Waals surface area (Å²) in [6.07, 6.45) is 2.97. The predicted molar refractivity (Wildman–Crippen MR) is 71.2 cm³/mol. The lowest BCUT2D eigenvalue weighted by molar-refractivity contribution is 0.0814. The van der Waals surface area contributed by atoms with Crippen LogP contribution < -0.4 is 5.73 Å². The first kappa shape index (κ1) is 13.8. The average molecular weight is 272 g/mol. The third kappa shape index (κ3) is 3.02. The molecule has 18 heavy (non-hydrogen) atoms. The topological polar surface area (TPSA) is 35.2 Å². The fourth-order valence-electron chi connectivity index (χ4n) is 2.67. The van der Waals surface area contributed by atoms with E-state index in [2.05, 4.69) is 6.92 Å². The van der Waals surface area contributed by atoms with E-state index in [0.717, 1.165) is 25.0 Å². The van der Waals surface area contributed by atoms with Crippen molar-refractivity contribution in [3.8, 4) is 0 Å². The van der Waals surface area contributed by atoms with Crippen LogP contribution in [0, 0.1) is 11.7 Å². The van der Waals surface area contributed by atoms with Crippen LogP contribution in [0.1, 0.15) is 25.3 Å². The van der Waals surface area contributed by atoms with Gasteiger partial charge in [-0.3, -0.25) is 0 Å². The highest BCUT2D eigenvalue weighted by Gasteiger charge is 2.31. The van der Waals surface area contributed by atoms with Crippen LogP contribution >= 0.6 is 11.6 Å². The molecule has 1 aromatic carbocycles. The van der Waals surface area contributed by atoms with Gasteiger partial charge in [-0.25, -0.2) is 4.39 Å². The van der Waals surface area contributed by atoms with E-state index in [1.54, 1.807) is 12.1 Å². The van der Waals surface area contributed by atoms with Crippen LogP contribution in [0.3, 0.4) is 0 Å². The van der Waals surface area contributed by atoms with E-state index in [1.165, 1.54) is 6.07 Å². The smallest absolute Gasteiger partial charge is 0.141 e. The molecule has 0 aliphatic carbocycles. The minimum absolute atomic E-state index is 0.0407. The van der Waals surface area contributed by atoms with Crippen LogP contribution in [0.2, 0.25) is 5.02 Å². The second-order valence-corrected chi connectivity index (χ2v) is 5.29. The molecule has 1 fully saturated rings. The lowest BCUT2D eigenvalue weighted by Gasteiger charge is -2.23. The first-order valence-electron chi connectivity index (χ1n) is 6.43. The average Bonchev–Trinajstić information content (AvgIpc) is 2.82. The Balaban J connectivity index is 2.02. The molecule has 3 atom stereocenters. The highest BCUT2D eigenvalue weighted by molar-refractivity contribution is 6.30. The van der Waals surface area contributed by atoms with Crippen molar-refractivity contribution in [2.45, 2.75) is 38.3 Å². The van der Waals surface area contributed by atoms with Crippen molar-refractivity contribution in [1.29, 1.82) is 0 Å². The highest BCUT2D eigenvalue weighted by atomic mass is 35.5. The maximum Gasteiger partial charge on any atom is 0.141 e. The summed E-state index contributed by atoms with van der Waals surface area (Å²) in [6, 6.07) is 4.84. The van der Waals surface area contributed by atoms with E-state index >= 15 is 0 Å². The number of halogens is 2. The molecule has 1 saturated heterocycles. The summed E-state index contributed by atoms with van der Waals surface area (Å²) in [5.41, 5.74) is 7.23. The van der Waals surface area contributed by atoms with Crippen molar-refractivity contribution in [2.75, 3.05) is 6.61 Å². The van der Waals surface area contributed by atoms with Gasteiger partial charge in [0, 0.05) is 18.6 Å². The lowest BCUT2D eigenvalue weighted by atomic mass is 9.88. The predicted octanol–water partition coefficient (Wildman–Crippen LogP) is 3.16. The molecule has 0 radical (unpaired) electrons. The molecule has 1 aliphatic heterocycles. The third-order valence-electron chi connectivity index (χ3n) is 3.67. The zero-order valence-electron chi connectivity index (χ0n) is 10.5. The Bertz CT molecular complexity index is 413. The van der Waals surface area contributed by atoms with Gasteiger partial charge in [-0.05, 0) is 37.0 Å². The Kier molecular flexibility index (Phi) is 4.60. The number of benzene rings is 1. The Labute approximate surface area is 112 Å². The van der Waals surface area contributed by atoms with Gasteiger partial charge in [0.15, 0.2) is 0 Å². The zero-order chi connectivity index (χ0) is 13.1. The molecule has 0 bridgehead atoms. The second kappa shape index (κ2) is 6.00. The third-order valence-corrected chi connectivity index (χ3v) is 3.96. The van der Waals surface area contributed by atoms with Gasteiger partial charge in [0.2, 0.25) is 0 Å². The van der Waals surface area contributed by atoms with Crippen LogP contribution in [-0.2, 0) is 11.2 Å². The minimum atomic E-state index is -0.385. The van der Waals surface area contributed by atoms with Crippen molar-refractivity contribution in [2.24, 2.45) is 11.7 Å². The molecule has 1 aliphatic rings. The van der Waals surface area contributed by atoms with Gasteiger partial charge in [-0.15, -0.1) is 0 Å². The summed E-state index contributed by atoms with van der Waals surface area (Å²) in [5, 5.41) is 0.161. The largest absolute Gasteiger partial charge is 0.378 e. The van der Waals surface area contributed by atoms with Crippen molar-refractivity contribution < 1.29 is 9.13 Å². The van der Waals surface area contributed by atoms with Gasteiger partial charge >= 0.3 is 0 Å². The Morgan fingerprint density at radius 3 is 3.00 bits per heavy atom. The monoisotopic (exact) mass is 271 g/mol. The number of ether oxygens (including phenoxy) is 1. The van der Waals surface area contributed by atoms with E-state index in [-0.39, 0.29) is 23.0 Å². The normalized spacial score (nSPS) is 25.3. The van der Waals surface area contributed by atoms with Crippen LogP contribution in [0.4, 0.5) is 4.39 Å². The second-order valence-electron chi connectivity index (χ2n) is 4.89. The maximum atomic E-state index is 13.1. The van der Waals surface area contributed by atoms with Crippen LogP contribution in [0.15, 0.2) is 18.2 Å². The van der Waals surface area contributed by atoms with Gasteiger partial charge in [-0.1, -0.05) is 24.6 Å². The Morgan fingerprint density at radius 2 is 2.33 bits per heavy atom. The molecule has 0 saturated carbocycles. The zero-order valence-corrected chi connectivity index (χ0v) is 11.3. The van der Waals surface area contributed by atoms with Gasteiger partial charge in [0.25, 0.3) is 0 Å². The van der Waals surface area contributed by atoms with Crippen molar-refractivity contribution >= 4 is 11.6 Å². The number of nitrogens with two attached hydrogens (primary N) is 1. The van der Waals surface area contributed by atoms with Gasteiger partial charge in [0.05, 0.1) is 11.1 Å². The van der Waals surface area contributed by atoms with Gasteiger partial charge < -0.3 is 10.5 Å². The molecule has 0 amide bonds. The minimum Gasteiger partial charge on any atom is -0.378 e. The summed E-state index contributed by atoms with van der Waals surface area (Å²) in [5.74, 6) is 0.00320. The summed E-state index contributed by atoms with van der Waals surface area (Å²) < 4.78 is 18.7. The molecule has 0 aromatic heterocycles. The molecular formula is C14H19ClFNO. The highest BCUT2D eigenvalue weighted by Crippen LogP contribution is 2.27. The first-order valence-corrected chi connectivity index (χ1v) is 6.80. The van der Waals surface area contributed by atoms with Crippen LogP contribution in [-0.4, -0.2) is 18.8 Å². The Hall–Kier alpha value is -0.640. The number of hydrogen-bond donors (Lipinski definition) is 1. The quantitative estimate of drug-likeness (QED) is 0.913. The fraction of sp³-hybridized carbons (Fsp3) is 0.571. The lowest BCUT2D eigenvalue weighted by Crippen LogP contribution is -2.36.